The van der Waals surface area contributed by atoms with Crippen LogP contribution in [0.1, 0.15) is 5.56 Å². The zero-order valence-corrected chi connectivity index (χ0v) is 9.10. The van der Waals surface area contributed by atoms with Gasteiger partial charge in [-0.25, -0.2) is 9.37 Å². The molecule has 0 fully saturated rings. The van der Waals surface area contributed by atoms with Gasteiger partial charge in [0.15, 0.2) is 0 Å². The second kappa shape index (κ2) is 5.12. The molecule has 0 saturated carbocycles. The van der Waals surface area contributed by atoms with Gasteiger partial charge in [-0.3, -0.25) is 0 Å². The highest BCUT2D eigenvalue weighted by molar-refractivity contribution is 5.49. The van der Waals surface area contributed by atoms with E-state index in [4.69, 9.17) is 5.26 Å². The van der Waals surface area contributed by atoms with E-state index in [2.05, 4.69) is 10.3 Å². The van der Waals surface area contributed by atoms with E-state index in [0.29, 0.717) is 17.8 Å². The van der Waals surface area contributed by atoms with Gasteiger partial charge in [-0.05, 0) is 18.2 Å². The first-order valence-corrected chi connectivity index (χ1v) is 5.18. The van der Waals surface area contributed by atoms with Crippen LogP contribution in [0.2, 0.25) is 0 Å². The van der Waals surface area contributed by atoms with Crippen molar-refractivity contribution in [1.82, 2.24) is 9.55 Å². The van der Waals surface area contributed by atoms with E-state index >= 15 is 0 Å². The van der Waals surface area contributed by atoms with Crippen LogP contribution in [0.15, 0.2) is 36.9 Å². The fourth-order valence-corrected chi connectivity index (χ4v) is 1.50. The Morgan fingerprint density at radius 3 is 3.00 bits per heavy atom. The Morgan fingerprint density at radius 1 is 1.41 bits per heavy atom. The molecule has 0 radical (unpaired) electrons. The van der Waals surface area contributed by atoms with Crippen LogP contribution < -0.4 is 5.32 Å². The Kier molecular flexibility index (Phi) is 3.36. The molecular formula is C12H11FN4. The highest BCUT2D eigenvalue weighted by Gasteiger charge is 1.99. The summed E-state index contributed by atoms with van der Waals surface area (Å²) < 4.78 is 15.0. The van der Waals surface area contributed by atoms with Crippen LogP contribution in [0, 0.1) is 17.1 Å². The van der Waals surface area contributed by atoms with E-state index in [1.54, 1.807) is 18.6 Å². The highest BCUT2D eigenvalue weighted by Crippen LogP contribution is 2.13. The summed E-state index contributed by atoms with van der Waals surface area (Å²) in [5, 5.41) is 11.8. The van der Waals surface area contributed by atoms with Crippen LogP contribution in [0.3, 0.4) is 0 Å². The minimum Gasteiger partial charge on any atom is -0.383 e. The second-order valence-corrected chi connectivity index (χ2v) is 3.57. The van der Waals surface area contributed by atoms with Crippen molar-refractivity contribution < 1.29 is 4.39 Å². The number of anilines is 1. The number of imidazole rings is 1. The zero-order chi connectivity index (χ0) is 12.1. The van der Waals surface area contributed by atoms with Crippen molar-refractivity contribution >= 4 is 5.69 Å². The predicted octanol–water partition coefficient (Wildman–Crippen LogP) is 2.01. The quantitative estimate of drug-likeness (QED) is 0.874. The normalized spacial score (nSPS) is 9.88. The summed E-state index contributed by atoms with van der Waals surface area (Å²) in [4.78, 5) is 3.92. The molecule has 0 atom stereocenters. The van der Waals surface area contributed by atoms with Crippen molar-refractivity contribution in [3.63, 3.8) is 0 Å². The Bertz CT molecular complexity index is 528. The lowest BCUT2D eigenvalue weighted by atomic mass is 10.2. The maximum Gasteiger partial charge on any atom is 0.126 e. The molecule has 2 rings (SSSR count). The third-order valence-electron chi connectivity index (χ3n) is 2.29. The third-order valence-corrected chi connectivity index (χ3v) is 2.29. The molecule has 0 aliphatic carbocycles. The third kappa shape index (κ3) is 3.05. The van der Waals surface area contributed by atoms with Gasteiger partial charge in [0.2, 0.25) is 0 Å². The molecule has 1 aromatic carbocycles. The van der Waals surface area contributed by atoms with Crippen LogP contribution in [-0.2, 0) is 6.54 Å². The lowest BCUT2D eigenvalue weighted by Gasteiger charge is -2.07. The van der Waals surface area contributed by atoms with Crippen molar-refractivity contribution in [2.75, 3.05) is 11.9 Å². The molecule has 0 amide bonds. The summed E-state index contributed by atoms with van der Waals surface area (Å²) in [6, 6.07) is 6.12. The Labute approximate surface area is 98.3 Å². The first kappa shape index (κ1) is 11.1. The minimum absolute atomic E-state index is 0.315. The van der Waals surface area contributed by atoms with E-state index in [-0.39, 0.29) is 0 Å². The molecule has 17 heavy (non-hydrogen) atoms. The summed E-state index contributed by atoms with van der Waals surface area (Å²) in [6.07, 6.45) is 5.28. The molecule has 5 heteroatoms. The van der Waals surface area contributed by atoms with E-state index in [1.165, 1.54) is 12.1 Å². The number of hydrogen-bond donors (Lipinski definition) is 1. The summed E-state index contributed by atoms with van der Waals surface area (Å²) in [7, 11) is 0. The number of hydrogen-bond acceptors (Lipinski definition) is 3. The lowest BCUT2D eigenvalue weighted by molar-refractivity contribution is 0.627. The second-order valence-electron chi connectivity index (χ2n) is 3.57. The molecule has 0 aliphatic rings. The topological polar surface area (TPSA) is 53.6 Å². The van der Waals surface area contributed by atoms with Gasteiger partial charge in [0.05, 0.1) is 18.0 Å². The Balaban J connectivity index is 1.95. The fraction of sp³-hybridized carbons (Fsp3) is 0.167. The van der Waals surface area contributed by atoms with Gasteiger partial charge in [0, 0.05) is 31.2 Å². The van der Waals surface area contributed by atoms with Crippen LogP contribution in [0.5, 0.6) is 0 Å². The van der Waals surface area contributed by atoms with Crippen molar-refractivity contribution in [1.29, 1.82) is 5.26 Å². The maximum atomic E-state index is 13.1. The average Bonchev–Trinajstić information content (AvgIpc) is 2.81. The predicted molar refractivity (Wildman–Crippen MR) is 61.8 cm³/mol. The van der Waals surface area contributed by atoms with Crippen molar-refractivity contribution in [3.8, 4) is 6.07 Å². The van der Waals surface area contributed by atoms with Crippen LogP contribution >= 0.6 is 0 Å². The number of halogens is 1. The van der Waals surface area contributed by atoms with Gasteiger partial charge in [0.1, 0.15) is 5.82 Å². The molecule has 2 aromatic rings. The van der Waals surface area contributed by atoms with E-state index < -0.39 is 5.82 Å². The molecule has 86 valence electrons. The van der Waals surface area contributed by atoms with Gasteiger partial charge in [-0.15, -0.1) is 0 Å². The minimum atomic E-state index is -0.408. The SMILES string of the molecule is N#Cc1cc(F)cc(NCCn2ccnc2)c1. The van der Waals surface area contributed by atoms with E-state index in [0.717, 1.165) is 6.54 Å². The summed E-state index contributed by atoms with van der Waals surface area (Å²) in [5.41, 5.74) is 0.928. The fourth-order valence-electron chi connectivity index (χ4n) is 1.50. The lowest BCUT2D eigenvalue weighted by Crippen LogP contribution is -2.09. The van der Waals surface area contributed by atoms with E-state index in [9.17, 15) is 4.39 Å². The first-order chi connectivity index (χ1) is 8.28. The molecule has 1 heterocycles. The molecule has 0 saturated heterocycles. The Hall–Kier alpha value is -2.35. The summed E-state index contributed by atoms with van der Waals surface area (Å²) >= 11 is 0. The number of nitrogens with one attached hydrogen (secondary N) is 1. The molecule has 0 unspecified atom stereocenters. The zero-order valence-electron chi connectivity index (χ0n) is 9.10. The number of nitriles is 1. The molecule has 0 spiro atoms. The average molecular weight is 230 g/mol. The molecular weight excluding hydrogens is 219 g/mol. The van der Waals surface area contributed by atoms with Crippen LogP contribution in [-0.4, -0.2) is 16.1 Å². The standard InChI is InChI=1S/C12H11FN4/c13-11-5-10(8-14)6-12(7-11)16-2-4-17-3-1-15-9-17/h1,3,5-7,9,16H,2,4H2. The van der Waals surface area contributed by atoms with Crippen LogP contribution in [0.4, 0.5) is 10.1 Å². The van der Waals surface area contributed by atoms with E-state index in [1.807, 2.05) is 16.8 Å². The molecule has 0 bridgehead atoms. The monoisotopic (exact) mass is 230 g/mol. The molecule has 1 N–H and O–H groups in total. The van der Waals surface area contributed by atoms with Gasteiger partial charge >= 0.3 is 0 Å². The Morgan fingerprint density at radius 2 is 2.29 bits per heavy atom. The van der Waals surface area contributed by atoms with Crippen LogP contribution in [0.25, 0.3) is 0 Å². The van der Waals surface area contributed by atoms with Gasteiger partial charge in [0.25, 0.3) is 0 Å². The van der Waals surface area contributed by atoms with Crippen molar-refractivity contribution in [2.24, 2.45) is 0 Å². The number of nitrogens with zero attached hydrogens (tertiary/aromatic N) is 3. The largest absolute Gasteiger partial charge is 0.383 e. The molecule has 4 nitrogen and oxygen atoms in total. The van der Waals surface area contributed by atoms with Gasteiger partial charge < -0.3 is 9.88 Å². The maximum absolute atomic E-state index is 13.1. The summed E-state index contributed by atoms with van der Waals surface area (Å²) in [5.74, 6) is -0.408. The first-order valence-electron chi connectivity index (χ1n) is 5.18. The number of aromatic nitrogens is 2. The number of rotatable bonds is 4. The smallest absolute Gasteiger partial charge is 0.126 e. The highest BCUT2D eigenvalue weighted by atomic mass is 19.1. The molecule has 1 aromatic heterocycles. The van der Waals surface area contributed by atoms with Gasteiger partial charge in [-0.1, -0.05) is 0 Å². The van der Waals surface area contributed by atoms with Gasteiger partial charge in [-0.2, -0.15) is 5.26 Å². The molecule has 0 aliphatic heterocycles. The summed E-state index contributed by atoms with van der Waals surface area (Å²) in [6.45, 7) is 1.38. The van der Waals surface area contributed by atoms with Crippen molar-refractivity contribution in [3.05, 3.63) is 48.3 Å². The number of benzene rings is 1. The van der Waals surface area contributed by atoms with Crippen molar-refractivity contribution in [2.45, 2.75) is 6.54 Å².